The molecule has 0 atom stereocenters. The molecule has 0 aliphatic heterocycles. The fourth-order valence-corrected chi connectivity index (χ4v) is 1.87. The average Bonchev–Trinajstić information content (AvgIpc) is 2.19. The van der Waals surface area contributed by atoms with Crippen LogP contribution in [0.3, 0.4) is 0 Å². The molecule has 0 bridgehead atoms. The lowest BCUT2D eigenvalue weighted by Crippen LogP contribution is -2.36. The number of nitrogens with one attached hydrogen (secondary N) is 1. The molecule has 14 heavy (non-hydrogen) atoms. The summed E-state index contributed by atoms with van der Waals surface area (Å²) in [5.41, 5.74) is 5.25. The van der Waals surface area contributed by atoms with Gasteiger partial charge in [0.1, 0.15) is 0 Å². The third-order valence-corrected chi connectivity index (χ3v) is 2.79. The highest BCUT2D eigenvalue weighted by Gasteiger charge is 2.23. The number of amides is 1. The van der Waals surface area contributed by atoms with E-state index in [1.807, 2.05) is 6.92 Å². The smallest absolute Gasteiger partial charge is 0.220 e. The quantitative estimate of drug-likeness (QED) is 0.648. The van der Waals surface area contributed by atoms with Gasteiger partial charge in [-0.15, -0.1) is 5.92 Å². The molecule has 0 aromatic heterocycles. The van der Waals surface area contributed by atoms with Crippen molar-refractivity contribution in [2.45, 2.75) is 38.6 Å². The molecule has 1 aliphatic rings. The number of carbonyl (C=O) groups excluding carboxylic acids is 1. The first kappa shape index (κ1) is 11.1. The first-order chi connectivity index (χ1) is 6.74. The van der Waals surface area contributed by atoms with Gasteiger partial charge in [-0.2, -0.15) is 0 Å². The topological polar surface area (TPSA) is 55.1 Å². The molecule has 0 aromatic rings. The van der Waals surface area contributed by atoms with E-state index in [2.05, 4.69) is 17.2 Å². The van der Waals surface area contributed by atoms with Crippen molar-refractivity contribution in [3.05, 3.63) is 0 Å². The van der Waals surface area contributed by atoms with Gasteiger partial charge < -0.3 is 11.1 Å². The second-order valence-electron chi connectivity index (χ2n) is 3.76. The Kier molecular flexibility index (Phi) is 4.48. The van der Waals surface area contributed by atoms with Gasteiger partial charge in [-0.3, -0.25) is 4.79 Å². The van der Waals surface area contributed by atoms with Gasteiger partial charge >= 0.3 is 0 Å². The summed E-state index contributed by atoms with van der Waals surface area (Å²) in [4.78, 5) is 10.9. The third-order valence-electron chi connectivity index (χ3n) is 2.79. The van der Waals surface area contributed by atoms with Crippen molar-refractivity contribution >= 4 is 5.91 Å². The number of hydrogen-bond donors (Lipinski definition) is 2. The molecule has 1 rings (SSSR count). The summed E-state index contributed by atoms with van der Waals surface area (Å²) in [7, 11) is 0. The fourth-order valence-electron chi connectivity index (χ4n) is 1.87. The molecule has 1 amide bonds. The van der Waals surface area contributed by atoms with Crippen LogP contribution in [-0.4, -0.2) is 18.5 Å². The van der Waals surface area contributed by atoms with E-state index in [-0.39, 0.29) is 11.8 Å². The summed E-state index contributed by atoms with van der Waals surface area (Å²) in [6.45, 7) is 2.59. The third kappa shape index (κ3) is 3.39. The van der Waals surface area contributed by atoms with Gasteiger partial charge in [-0.1, -0.05) is 5.92 Å². The summed E-state index contributed by atoms with van der Waals surface area (Å²) in [6.07, 6.45) is 3.93. The number of primary amides is 1. The lowest BCUT2D eigenvalue weighted by atomic mass is 9.85. The molecule has 1 aliphatic carbocycles. The molecule has 78 valence electrons. The van der Waals surface area contributed by atoms with E-state index < -0.39 is 0 Å². The van der Waals surface area contributed by atoms with Crippen LogP contribution < -0.4 is 11.1 Å². The van der Waals surface area contributed by atoms with E-state index in [0.717, 1.165) is 32.2 Å². The van der Waals surface area contributed by atoms with Crippen LogP contribution in [0.25, 0.3) is 0 Å². The summed E-state index contributed by atoms with van der Waals surface area (Å²) >= 11 is 0. The molecule has 3 N–H and O–H groups in total. The first-order valence-electron chi connectivity index (χ1n) is 5.16. The summed E-state index contributed by atoms with van der Waals surface area (Å²) in [5.74, 6) is 5.78. The standard InChI is InChI=1S/C11H18N2O/c1-2-3-8-13-10-6-4-9(5-7-10)11(12)14/h9-10,13H,4-8H2,1H3,(H2,12,14). The van der Waals surface area contributed by atoms with E-state index in [4.69, 9.17) is 5.73 Å². The van der Waals surface area contributed by atoms with Gasteiger partial charge in [-0.25, -0.2) is 0 Å². The highest BCUT2D eigenvalue weighted by atomic mass is 16.1. The van der Waals surface area contributed by atoms with Gasteiger partial charge in [0.25, 0.3) is 0 Å². The highest BCUT2D eigenvalue weighted by molar-refractivity contribution is 5.76. The SMILES string of the molecule is CC#CCNC1CCC(C(N)=O)CC1. The van der Waals surface area contributed by atoms with Crippen molar-refractivity contribution in [1.82, 2.24) is 5.32 Å². The molecular weight excluding hydrogens is 176 g/mol. The van der Waals surface area contributed by atoms with Crippen LogP contribution in [0.5, 0.6) is 0 Å². The second-order valence-corrected chi connectivity index (χ2v) is 3.76. The van der Waals surface area contributed by atoms with Crippen molar-refractivity contribution in [3.8, 4) is 11.8 Å². The average molecular weight is 194 g/mol. The minimum atomic E-state index is -0.142. The molecule has 0 unspecified atom stereocenters. The van der Waals surface area contributed by atoms with E-state index in [1.54, 1.807) is 0 Å². The number of rotatable bonds is 3. The van der Waals surface area contributed by atoms with Crippen LogP contribution in [0.2, 0.25) is 0 Å². The summed E-state index contributed by atoms with van der Waals surface area (Å²) < 4.78 is 0. The number of nitrogens with two attached hydrogens (primary N) is 1. The van der Waals surface area contributed by atoms with Crippen LogP contribution in [0.4, 0.5) is 0 Å². The molecule has 0 heterocycles. The van der Waals surface area contributed by atoms with Gasteiger partial charge in [0.2, 0.25) is 5.91 Å². The van der Waals surface area contributed by atoms with Gasteiger partial charge in [0, 0.05) is 12.0 Å². The summed E-state index contributed by atoms with van der Waals surface area (Å²) in [5, 5.41) is 3.36. The Bertz CT molecular complexity index is 244. The van der Waals surface area contributed by atoms with Gasteiger partial charge in [0.05, 0.1) is 6.54 Å². The Morgan fingerprint density at radius 3 is 2.57 bits per heavy atom. The lowest BCUT2D eigenvalue weighted by Gasteiger charge is -2.26. The zero-order chi connectivity index (χ0) is 10.4. The maximum Gasteiger partial charge on any atom is 0.220 e. The van der Waals surface area contributed by atoms with Crippen molar-refractivity contribution in [2.75, 3.05) is 6.54 Å². The number of carbonyl (C=O) groups is 1. The maximum atomic E-state index is 10.9. The first-order valence-corrected chi connectivity index (χ1v) is 5.16. The molecule has 0 saturated heterocycles. The minimum absolute atomic E-state index is 0.102. The van der Waals surface area contributed by atoms with Gasteiger partial charge in [0.15, 0.2) is 0 Å². The van der Waals surface area contributed by atoms with E-state index in [9.17, 15) is 4.79 Å². The van der Waals surface area contributed by atoms with E-state index in [1.165, 1.54) is 0 Å². The summed E-state index contributed by atoms with van der Waals surface area (Å²) in [6, 6.07) is 0.520. The molecule has 3 heteroatoms. The normalized spacial score (nSPS) is 26.4. The van der Waals surface area contributed by atoms with Crippen LogP contribution in [-0.2, 0) is 4.79 Å². The molecule has 0 spiro atoms. The molecule has 0 aromatic carbocycles. The predicted octanol–water partition coefficient (Wildman–Crippen LogP) is 0.643. The monoisotopic (exact) mass is 194 g/mol. The highest BCUT2D eigenvalue weighted by Crippen LogP contribution is 2.23. The molecule has 1 fully saturated rings. The zero-order valence-electron chi connectivity index (χ0n) is 8.68. The van der Waals surface area contributed by atoms with E-state index >= 15 is 0 Å². The molecule has 0 radical (unpaired) electrons. The zero-order valence-corrected chi connectivity index (χ0v) is 8.68. The molecule has 3 nitrogen and oxygen atoms in total. The Morgan fingerprint density at radius 1 is 1.43 bits per heavy atom. The molecule has 1 saturated carbocycles. The lowest BCUT2D eigenvalue weighted by molar-refractivity contribution is -0.122. The second kappa shape index (κ2) is 5.66. The Balaban J connectivity index is 2.21. The number of hydrogen-bond acceptors (Lipinski definition) is 2. The fraction of sp³-hybridized carbons (Fsp3) is 0.727. The minimum Gasteiger partial charge on any atom is -0.369 e. The largest absolute Gasteiger partial charge is 0.369 e. The van der Waals surface area contributed by atoms with Crippen molar-refractivity contribution < 1.29 is 4.79 Å². The van der Waals surface area contributed by atoms with Crippen molar-refractivity contribution in [1.29, 1.82) is 0 Å². The van der Waals surface area contributed by atoms with Gasteiger partial charge in [-0.05, 0) is 32.6 Å². The van der Waals surface area contributed by atoms with Crippen LogP contribution >= 0.6 is 0 Å². The molecular formula is C11H18N2O. The Morgan fingerprint density at radius 2 is 2.07 bits per heavy atom. The van der Waals surface area contributed by atoms with Crippen LogP contribution in [0, 0.1) is 17.8 Å². The Labute approximate surface area is 85.4 Å². The maximum absolute atomic E-state index is 10.9. The van der Waals surface area contributed by atoms with Crippen LogP contribution in [0.1, 0.15) is 32.6 Å². The predicted molar refractivity (Wildman–Crippen MR) is 56.4 cm³/mol. The Hall–Kier alpha value is -1.01. The van der Waals surface area contributed by atoms with Crippen molar-refractivity contribution in [3.63, 3.8) is 0 Å². The van der Waals surface area contributed by atoms with Crippen LogP contribution in [0.15, 0.2) is 0 Å². The van der Waals surface area contributed by atoms with Crippen molar-refractivity contribution in [2.24, 2.45) is 11.7 Å². The van der Waals surface area contributed by atoms with E-state index in [0.29, 0.717) is 6.04 Å².